The van der Waals surface area contributed by atoms with Gasteiger partial charge in [0.25, 0.3) is 0 Å². The molecule has 0 unspecified atom stereocenters. The quantitative estimate of drug-likeness (QED) is 0.831. The van der Waals surface area contributed by atoms with Crippen LogP contribution in [0.1, 0.15) is 21.7 Å². The summed E-state index contributed by atoms with van der Waals surface area (Å²) in [5.41, 5.74) is 1.55. The molecule has 0 spiro atoms. The summed E-state index contributed by atoms with van der Waals surface area (Å²) in [6.07, 6.45) is 0.955. The van der Waals surface area contributed by atoms with Gasteiger partial charge in [-0.2, -0.15) is 0 Å². The normalized spacial score (nSPS) is 10.1. The average Bonchev–Trinajstić information content (AvgIpc) is 3.00. The molecule has 2 rings (SSSR count). The SMILES string of the molecule is COC(=O)c1sccc1NC(=O)CCc1ccc(OC)cc1. The number of anilines is 1. The van der Waals surface area contributed by atoms with Crippen molar-refractivity contribution >= 4 is 28.9 Å². The highest BCUT2D eigenvalue weighted by atomic mass is 32.1. The lowest BCUT2D eigenvalue weighted by atomic mass is 10.1. The van der Waals surface area contributed by atoms with Crippen LogP contribution in [-0.2, 0) is 16.0 Å². The van der Waals surface area contributed by atoms with E-state index in [1.54, 1.807) is 18.6 Å². The number of thiophene rings is 1. The van der Waals surface area contributed by atoms with Crippen LogP contribution in [0.2, 0.25) is 0 Å². The lowest BCUT2D eigenvalue weighted by Gasteiger charge is -2.06. The highest BCUT2D eigenvalue weighted by Crippen LogP contribution is 2.23. The maximum atomic E-state index is 12.0. The lowest BCUT2D eigenvalue weighted by molar-refractivity contribution is -0.116. The number of ether oxygens (including phenoxy) is 2. The first-order valence-electron chi connectivity index (χ1n) is 6.72. The Labute approximate surface area is 132 Å². The smallest absolute Gasteiger partial charge is 0.350 e. The third kappa shape index (κ3) is 4.08. The maximum absolute atomic E-state index is 12.0. The predicted octanol–water partition coefficient (Wildman–Crippen LogP) is 3.11. The van der Waals surface area contributed by atoms with Crippen molar-refractivity contribution in [2.24, 2.45) is 0 Å². The monoisotopic (exact) mass is 319 g/mol. The van der Waals surface area contributed by atoms with E-state index in [9.17, 15) is 9.59 Å². The summed E-state index contributed by atoms with van der Waals surface area (Å²) in [6, 6.07) is 9.28. The molecule has 0 saturated heterocycles. The zero-order valence-corrected chi connectivity index (χ0v) is 13.2. The molecular formula is C16H17NO4S. The number of benzene rings is 1. The van der Waals surface area contributed by atoms with Gasteiger partial charge < -0.3 is 14.8 Å². The van der Waals surface area contributed by atoms with Crippen LogP contribution in [0, 0.1) is 0 Å². The Kier molecular flexibility index (Phi) is 5.55. The Morgan fingerprint density at radius 1 is 1.14 bits per heavy atom. The fraction of sp³-hybridized carbons (Fsp3) is 0.250. The number of carbonyl (C=O) groups is 2. The lowest BCUT2D eigenvalue weighted by Crippen LogP contribution is -2.14. The minimum Gasteiger partial charge on any atom is -0.497 e. The minimum atomic E-state index is -0.444. The van der Waals surface area contributed by atoms with Crippen LogP contribution in [0.5, 0.6) is 5.75 Å². The van der Waals surface area contributed by atoms with E-state index in [2.05, 4.69) is 10.1 Å². The van der Waals surface area contributed by atoms with Crippen molar-refractivity contribution in [2.75, 3.05) is 19.5 Å². The van der Waals surface area contributed by atoms with Crippen molar-refractivity contribution in [3.8, 4) is 5.75 Å². The molecule has 6 heteroatoms. The van der Waals surface area contributed by atoms with Crippen molar-refractivity contribution in [1.29, 1.82) is 0 Å². The van der Waals surface area contributed by atoms with Crippen LogP contribution in [0.15, 0.2) is 35.7 Å². The Balaban J connectivity index is 1.90. The first-order chi connectivity index (χ1) is 10.6. The minimum absolute atomic E-state index is 0.139. The van der Waals surface area contributed by atoms with Gasteiger partial charge in [-0.3, -0.25) is 4.79 Å². The summed E-state index contributed by atoms with van der Waals surface area (Å²) in [4.78, 5) is 23.9. The van der Waals surface area contributed by atoms with Gasteiger partial charge >= 0.3 is 5.97 Å². The molecule has 0 fully saturated rings. The molecule has 1 aromatic heterocycles. The molecule has 22 heavy (non-hydrogen) atoms. The number of carbonyl (C=O) groups excluding carboxylic acids is 2. The van der Waals surface area contributed by atoms with Crippen LogP contribution in [0.25, 0.3) is 0 Å². The first kappa shape index (κ1) is 16.0. The second-order valence-corrected chi connectivity index (χ2v) is 5.47. The maximum Gasteiger partial charge on any atom is 0.350 e. The Morgan fingerprint density at radius 2 is 1.86 bits per heavy atom. The zero-order chi connectivity index (χ0) is 15.9. The summed E-state index contributed by atoms with van der Waals surface area (Å²) in [5.74, 6) is 0.203. The molecular weight excluding hydrogens is 302 g/mol. The summed E-state index contributed by atoms with van der Waals surface area (Å²) in [6.45, 7) is 0. The first-order valence-corrected chi connectivity index (χ1v) is 7.60. The second kappa shape index (κ2) is 7.61. The van der Waals surface area contributed by atoms with Gasteiger partial charge in [-0.25, -0.2) is 4.79 Å². The molecule has 0 aliphatic rings. The summed E-state index contributed by atoms with van der Waals surface area (Å²) >= 11 is 1.24. The topological polar surface area (TPSA) is 64.6 Å². The van der Waals surface area contributed by atoms with Gasteiger partial charge in [-0.05, 0) is 35.6 Å². The number of hydrogen-bond donors (Lipinski definition) is 1. The highest BCUT2D eigenvalue weighted by molar-refractivity contribution is 7.12. The van der Waals surface area contributed by atoms with Gasteiger partial charge in [0.15, 0.2) is 0 Å². The van der Waals surface area contributed by atoms with Crippen LogP contribution in [0.4, 0.5) is 5.69 Å². The van der Waals surface area contributed by atoms with E-state index in [0.717, 1.165) is 11.3 Å². The van der Waals surface area contributed by atoms with E-state index in [0.29, 0.717) is 23.4 Å². The van der Waals surface area contributed by atoms with Crippen molar-refractivity contribution < 1.29 is 19.1 Å². The fourth-order valence-electron chi connectivity index (χ4n) is 1.92. The summed E-state index contributed by atoms with van der Waals surface area (Å²) in [7, 11) is 2.93. The van der Waals surface area contributed by atoms with E-state index < -0.39 is 5.97 Å². The molecule has 0 radical (unpaired) electrons. The van der Waals surface area contributed by atoms with Crippen molar-refractivity contribution in [3.05, 3.63) is 46.2 Å². The van der Waals surface area contributed by atoms with Crippen LogP contribution >= 0.6 is 11.3 Å². The van der Waals surface area contributed by atoms with Gasteiger partial charge in [-0.1, -0.05) is 12.1 Å². The average molecular weight is 319 g/mol. The van der Waals surface area contributed by atoms with Gasteiger partial charge in [0, 0.05) is 6.42 Å². The highest BCUT2D eigenvalue weighted by Gasteiger charge is 2.15. The largest absolute Gasteiger partial charge is 0.497 e. The van der Waals surface area contributed by atoms with Crippen molar-refractivity contribution in [1.82, 2.24) is 0 Å². The van der Waals surface area contributed by atoms with Crippen molar-refractivity contribution in [2.45, 2.75) is 12.8 Å². The molecule has 5 nitrogen and oxygen atoms in total. The van der Waals surface area contributed by atoms with E-state index >= 15 is 0 Å². The Hall–Kier alpha value is -2.34. The molecule has 0 saturated carbocycles. The summed E-state index contributed by atoms with van der Waals surface area (Å²) < 4.78 is 9.77. The molecule has 0 aliphatic carbocycles. The molecule has 0 atom stereocenters. The molecule has 1 amide bonds. The third-order valence-electron chi connectivity index (χ3n) is 3.11. The Bertz CT molecular complexity index is 648. The van der Waals surface area contributed by atoms with E-state index in [1.165, 1.54) is 18.4 Å². The summed E-state index contributed by atoms with van der Waals surface area (Å²) in [5, 5.41) is 4.49. The predicted molar refractivity (Wildman–Crippen MR) is 85.6 cm³/mol. The number of rotatable bonds is 6. The fourth-order valence-corrected chi connectivity index (χ4v) is 2.69. The number of nitrogens with one attached hydrogen (secondary N) is 1. The number of methoxy groups -OCH3 is 2. The number of esters is 1. The van der Waals surface area contributed by atoms with Gasteiger partial charge in [0.1, 0.15) is 10.6 Å². The van der Waals surface area contributed by atoms with E-state index in [4.69, 9.17) is 4.74 Å². The Morgan fingerprint density at radius 3 is 2.50 bits per heavy atom. The van der Waals surface area contributed by atoms with Gasteiger partial charge in [-0.15, -0.1) is 11.3 Å². The number of amides is 1. The van der Waals surface area contributed by atoms with Gasteiger partial charge in [0.2, 0.25) is 5.91 Å². The van der Waals surface area contributed by atoms with E-state index in [1.807, 2.05) is 24.3 Å². The molecule has 0 bridgehead atoms. The van der Waals surface area contributed by atoms with Crippen LogP contribution in [0.3, 0.4) is 0 Å². The van der Waals surface area contributed by atoms with Crippen LogP contribution < -0.4 is 10.1 Å². The van der Waals surface area contributed by atoms with E-state index in [-0.39, 0.29) is 5.91 Å². The molecule has 1 aromatic carbocycles. The molecule has 116 valence electrons. The molecule has 2 aromatic rings. The zero-order valence-electron chi connectivity index (χ0n) is 12.4. The molecule has 0 aliphatic heterocycles. The number of aryl methyl sites for hydroxylation is 1. The van der Waals surface area contributed by atoms with Crippen molar-refractivity contribution in [3.63, 3.8) is 0 Å². The van der Waals surface area contributed by atoms with Gasteiger partial charge in [0.05, 0.1) is 19.9 Å². The molecule has 1 heterocycles. The molecule has 1 N–H and O–H groups in total. The standard InChI is InChI=1S/C16H17NO4S/c1-20-12-6-3-11(4-7-12)5-8-14(18)17-13-9-10-22-15(13)16(19)21-2/h3-4,6-7,9-10H,5,8H2,1-2H3,(H,17,18). The third-order valence-corrected chi connectivity index (χ3v) is 4.00. The second-order valence-electron chi connectivity index (χ2n) is 4.55. The number of hydrogen-bond acceptors (Lipinski definition) is 5. The van der Waals surface area contributed by atoms with Crippen LogP contribution in [-0.4, -0.2) is 26.1 Å².